The molecular weight excluding hydrogens is 433 g/mol. The Bertz CT molecular complexity index is 561. The number of fused-ring (bicyclic) bond motifs is 1. The van der Waals surface area contributed by atoms with Gasteiger partial charge in [-0.2, -0.15) is 11.8 Å². The minimum absolute atomic E-state index is 0. The molecular formula is C18H28IN3OS. The summed E-state index contributed by atoms with van der Waals surface area (Å²) in [4.78, 5) is 4.65. The van der Waals surface area contributed by atoms with Crippen LogP contribution >= 0.6 is 35.7 Å². The van der Waals surface area contributed by atoms with Crippen molar-refractivity contribution in [3.63, 3.8) is 0 Å². The molecule has 24 heavy (non-hydrogen) atoms. The van der Waals surface area contributed by atoms with Gasteiger partial charge in [0.15, 0.2) is 5.96 Å². The second-order valence-electron chi connectivity index (χ2n) is 6.57. The Balaban J connectivity index is 0.00000208. The number of nitrogens with zero attached hydrogens (tertiary/aromatic N) is 1. The first-order chi connectivity index (χ1) is 11.2. The fourth-order valence-electron chi connectivity index (χ4n) is 3.28. The number of aliphatic imine (C=N–C) groups is 1. The first kappa shape index (κ1) is 19.8. The number of hydrogen-bond donors (Lipinski definition) is 3. The van der Waals surface area contributed by atoms with Crippen LogP contribution < -0.4 is 10.6 Å². The number of nitrogens with one attached hydrogen (secondary N) is 2. The minimum atomic E-state index is -0.619. The molecule has 1 aromatic rings. The summed E-state index contributed by atoms with van der Waals surface area (Å²) >= 11 is 1.81. The first-order valence-electron chi connectivity index (χ1n) is 8.60. The van der Waals surface area contributed by atoms with Crippen molar-refractivity contribution in [3.05, 3.63) is 35.4 Å². The third-order valence-corrected chi connectivity index (χ3v) is 5.88. The lowest BCUT2D eigenvalue weighted by Crippen LogP contribution is -2.46. The van der Waals surface area contributed by atoms with Gasteiger partial charge in [0.25, 0.3) is 0 Å². The Labute approximate surface area is 166 Å². The number of aliphatic hydroxyl groups is 1. The molecule has 1 heterocycles. The molecule has 134 valence electrons. The average Bonchev–Trinajstić information content (AvgIpc) is 3.00. The summed E-state index contributed by atoms with van der Waals surface area (Å²) in [6.07, 6.45) is 4.13. The molecule has 1 fully saturated rings. The predicted octanol–water partition coefficient (Wildman–Crippen LogP) is 2.59. The van der Waals surface area contributed by atoms with Crippen LogP contribution in [0.2, 0.25) is 0 Å². The van der Waals surface area contributed by atoms with E-state index in [0.717, 1.165) is 49.7 Å². The Morgan fingerprint density at radius 1 is 1.38 bits per heavy atom. The first-order valence-corrected chi connectivity index (χ1v) is 9.76. The zero-order chi connectivity index (χ0) is 16.1. The zero-order valence-electron chi connectivity index (χ0n) is 14.3. The average molecular weight is 461 g/mol. The van der Waals surface area contributed by atoms with Gasteiger partial charge in [-0.3, -0.25) is 4.99 Å². The number of guanidine groups is 1. The van der Waals surface area contributed by atoms with Crippen LogP contribution in [0.15, 0.2) is 29.3 Å². The molecule has 2 atom stereocenters. The zero-order valence-corrected chi connectivity index (χ0v) is 17.4. The molecule has 0 aromatic heterocycles. The van der Waals surface area contributed by atoms with Crippen LogP contribution in [-0.2, 0) is 12.8 Å². The van der Waals surface area contributed by atoms with Crippen molar-refractivity contribution in [1.29, 1.82) is 0 Å². The summed E-state index contributed by atoms with van der Waals surface area (Å²) in [7, 11) is 0. The normalized spacial score (nSPS) is 26.4. The molecule has 0 bridgehead atoms. The molecule has 0 amide bonds. The summed E-state index contributed by atoms with van der Waals surface area (Å²) in [6.45, 7) is 3.40. The highest BCUT2D eigenvalue weighted by Crippen LogP contribution is 2.28. The van der Waals surface area contributed by atoms with Gasteiger partial charge in [-0.1, -0.05) is 24.3 Å². The van der Waals surface area contributed by atoms with E-state index in [2.05, 4.69) is 46.8 Å². The van der Waals surface area contributed by atoms with E-state index in [9.17, 15) is 5.11 Å². The summed E-state index contributed by atoms with van der Waals surface area (Å²) < 4.78 is 0. The van der Waals surface area contributed by atoms with Gasteiger partial charge < -0.3 is 15.7 Å². The van der Waals surface area contributed by atoms with Crippen LogP contribution in [-0.4, -0.2) is 47.3 Å². The Kier molecular flexibility index (Phi) is 7.68. The van der Waals surface area contributed by atoms with Crippen LogP contribution in [0.1, 0.15) is 30.9 Å². The Hall–Kier alpha value is -0.470. The van der Waals surface area contributed by atoms with Crippen molar-refractivity contribution in [2.45, 2.75) is 44.2 Å². The molecule has 0 radical (unpaired) electrons. The highest BCUT2D eigenvalue weighted by molar-refractivity contribution is 14.0. The van der Waals surface area contributed by atoms with Gasteiger partial charge in [0, 0.05) is 18.3 Å². The van der Waals surface area contributed by atoms with Crippen LogP contribution in [0.25, 0.3) is 0 Å². The summed E-state index contributed by atoms with van der Waals surface area (Å²) in [5, 5.41) is 17.3. The number of rotatable bonds is 4. The number of hydrogen-bond acceptors (Lipinski definition) is 3. The van der Waals surface area contributed by atoms with Crippen molar-refractivity contribution < 1.29 is 5.11 Å². The van der Waals surface area contributed by atoms with E-state index < -0.39 is 5.60 Å². The highest BCUT2D eigenvalue weighted by Gasteiger charge is 2.31. The van der Waals surface area contributed by atoms with Crippen molar-refractivity contribution in [2.24, 2.45) is 4.99 Å². The van der Waals surface area contributed by atoms with Crippen LogP contribution in [0, 0.1) is 0 Å². The second kappa shape index (κ2) is 9.29. The van der Waals surface area contributed by atoms with E-state index >= 15 is 0 Å². The van der Waals surface area contributed by atoms with E-state index in [4.69, 9.17) is 0 Å². The molecule has 4 nitrogen and oxygen atoms in total. The van der Waals surface area contributed by atoms with Gasteiger partial charge >= 0.3 is 0 Å². The third-order valence-electron chi connectivity index (χ3n) is 4.65. The van der Waals surface area contributed by atoms with E-state index in [1.807, 2.05) is 11.8 Å². The lowest BCUT2D eigenvalue weighted by molar-refractivity contribution is 0.0778. The summed E-state index contributed by atoms with van der Waals surface area (Å²) in [5.41, 5.74) is 2.30. The lowest BCUT2D eigenvalue weighted by Gasteiger charge is -2.27. The van der Waals surface area contributed by atoms with Crippen molar-refractivity contribution >= 4 is 41.7 Å². The van der Waals surface area contributed by atoms with E-state index in [1.54, 1.807) is 0 Å². The van der Waals surface area contributed by atoms with Crippen LogP contribution in [0.4, 0.5) is 0 Å². The summed E-state index contributed by atoms with van der Waals surface area (Å²) in [5.74, 6) is 2.67. The molecule has 6 heteroatoms. The standard InChI is InChI=1S/C18H27N3OS.HI/c1-2-19-17(20-12-18(22)9-10-23-13-18)21-16-8-7-14-5-3-4-6-15(14)11-16;/h3-6,16,22H,2,7-13H2,1H3,(H2,19,20,21);1H. The van der Waals surface area contributed by atoms with Gasteiger partial charge in [0.05, 0.1) is 12.1 Å². The highest BCUT2D eigenvalue weighted by atomic mass is 127. The quantitative estimate of drug-likeness (QED) is 0.367. The Morgan fingerprint density at radius 2 is 2.17 bits per heavy atom. The molecule has 3 N–H and O–H groups in total. The number of thioether (sulfide) groups is 1. The molecule has 0 spiro atoms. The topological polar surface area (TPSA) is 56.7 Å². The maximum absolute atomic E-state index is 10.5. The monoisotopic (exact) mass is 461 g/mol. The van der Waals surface area contributed by atoms with Crippen molar-refractivity contribution in [3.8, 4) is 0 Å². The van der Waals surface area contributed by atoms with Gasteiger partial charge in [0.1, 0.15) is 0 Å². The molecule has 2 aliphatic rings. The third kappa shape index (κ3) is 5.26. The van der Waals surface area contributed by atoms with Crippen molar-refractivity contribution in [2.75, 3.05) is 24.6 Å². The summed E-state index contributed by atoms with van der Waals surface area (Å²) in [6, 6.07) is 9.12. The van der Waals surface area contributed by atoms with E-state index in [1.165, 1.54) is 11.1 Å². The largest absolute Gasteiger partial charge is 0.387 e. The minimum Gasteiger partial charge on any atom is -0.387 e. The van der Waals surface area contributed by atoms with E-state index in [-0.39, 0.29) is 24.0 Å². The van der Waals surface area contributed by atoms with Gasteiger partial charge in [-0.15, -0.1) is 24.0 Å². The smallest absolute Gasteiger partial charge is 0.191 e. The second-order valence-corrected chi connectivity index (χ2v) is 7.68. The number of halogens is 1. The molecule has 1 aliphatic heterocycles. The van der Waals surface area contributed by atoms with Gasteiger partial charge in [0.2, 0.25) is 0 Å². The molecule has 1 aliphatic carbocycles. The lowest BCUT2D eigenvalue weighted by atomic mass is 9.88. The fourth-order valence-corrected chi connectivity index (χ4v) is 4.57. The predicted molar refractivity (Wildman–Crippen MR) is 114 cm³/mol. The number of aryl methyl sites for hydroxylation is 1. The molecule has 1 aromatic carbocycles. The van der Waals surface area contributed by atoms with Crippen LogP contribution in [0.3, 0.4) is 0 Å². The molecule has 1 saturated heterocycles. The van der Waals surface area contributed by atoms with Crippen LogP contribution in [0.5, 0.6) is 0 Å². The van der Waals surface area contributed by atoms with Gasteiger partial charge in [-0.25, -0.2) is 0 Å². The molecule has 2 unspecified atom stereocenters. The van der Waals surface area contributed by atoms with E-state index in [0.29, 0.717) is 12.6 Å². The SMILES string of the molecule is CCNC(=NCC1(O)CCSC1)NC1CCc2ccccc2C1.I. The number of benzene rings is 1. The molecule has 3 rings (SSSR count). The van der Waals surface area contributed by atoms with Crippen molar-refractivity contribution in [1.82, 2.24) is 10.6 Å². The van der Waals surface area contributed by atoms with Gasteiger partial charge in [-0.05, 0) is 49.5 Å². The maximum Gasteiger partial charge on any atom is 0.191 e. The maximum atomic E-state index is 10.5. The molecule has 0 saturated carbocycles. The Morgan fingerprint density at radius 3 is 2.88 bits per heavy atom. The fraction of sp³-hybridized carbons (Fsp3) is 0.611.